The summed E-state index contributed by atoms with van der Waals surface area (Å²) in [6.45, 7) is 1.12. The number of thiophene rings is 1. The van der Waals surface area contributed by atoms with E-state index < -0.39 is 10.0 Å². The average Bonchev–Trinajstić information content (AvgIpc) is 3.13. The number of benzene rings is 1. The van der Waals surface area contributed by atoms with Crippen molar-refractivity contribution in [2.45, 2.75) is 29.5 Å². The third-order valence-electron chi connectivity index (χ3n) is 4.26. The number of halogens is 1. The molecule has 0 spiro atoms. The number of carbonyl (C=O) groups is 1. The summed E-state index contributed by atoms with van der Waals surface area (Å²) < 4.78 is 27.6. The van der Waals surface area contributed by atoms with Crippen LogP contribution in [0, 0.1) is 0 Å². The van der Waals surface area contributed by atoms with Gasteiger partial charge < -0.3 is 10.6 Å². The molecule has 6 nitrogen and oxygen atoms in total. The van der Waals surface area contributed by atoms with Crippen molar-refractivity contribution < 1.29 is 13.2 Å². The van der Waals surface area contributed by atoms with Gasteiger partial charge in [0.2, 0.25) is 15.9 Å². The van der Waals surface area contributed by atoms with Gasteiger partial charge in [-0.15, -0.1) is 23.7 Å². The maximum atomic E-state index is 12.4. The number of nitrogens with one attached hydrogen (secondary N) is 1. The Labute approximate surface area is 163 Å². The fourth-order valence-electron chi connectivity index (χ4n) is 2.86. The van der Waals surface area contributed by atoms with Crippen molar-refractivity contribution in [1.29, 1.82) is 0 Å². The molecule has 0 unspecified atom stereocenters. The third-order valence-corrected chi connectivity index (χ3v) is 7.18. The van der Waals surface area contributed by atoms with E-state index in [0.717, 1.165) is 5.56 Å². The number of nitrogen functional groups attached to an aromatic ring is 1. The maximum absolute atomic E-state index is 12.4. The summed E-state index contributed by atoms with van der Waals surface area (Å²) in [6, 6.07) is 10.5. The van der Waals surface area contributed by atoms with E-state index in [9.17, 15) is 13.2 Å². The van der Waals surface area contributed by atoms with Crippen LogP contribution in [0.3, 0.4) is 0 Å². The van der Waals surface area contributed by atoms with Gasteiger partial charge in [-0.3, -0.25) is 4.79 Å². The first-order valence-electron chi connectivity index (χ1n) is 8.12. The Hall–Kier alpha value is -1.61. The van der Waals surface area contributed by atoms with Gasteiger partial charge in [0.15, 0.2) is 0 Å². The van der Waals surface area contributed by atoms with Crippen LogP contribution in [0.2, 0.25) is 0 Å². The highest BCUT2D eigenvalue weighted by molar-refractivity contribution is 7.91. The van der Waals surface area contributed by atoms with Crippen molar-refractivity contribution >= 4 is 45.4 Å². The Morgan fingerprint density at radius 1 is 1.19 bits per heavy atom. The molecule has 0 saturated carbocycles. The summed E-state index contributed by atoms with van der Waals surface area (Å²) in [5, 5.41) is 1.74. The number of amides is 1. The van der Waals surface area contributed by atoms with Crippen LogP contribution in [-0.2, 0) is 21.2 Å². The lowest BCUT2D eigenvalue weighted by Crippen LogP contribution is -2.46. The van der Waals surface area contributed by atoms with Crippen molar-refractivity contribution in [2.75, 3.05) is 18.8 Å². The van der Waals surface area contributed by atoms with Crippen molar-refractivity contribution in [3.63, 3.8) is 0 Å². The summed E-state index contributed by atoms with van der Waals surface area (Å²) in [6.07, 6.45) is 1.59. The summed E-state index contributed by atoms with van der Waals surface area (Å²) in [5.41, 5.74) is 7.26. The largest absolute Gasteiger partial charge is 0.399 e. The number of rotatable bonds is 5. The molecule has 1 aliphatic rings. The molecule has 1 aromatic carbocycles. The summed E-state index contributed by atoms with van der Waals surface area (Å²) in [4.78, 5) is 14.2. The molecule has 142 valence electrons. The van der Waals surface area contributed by atoms with E-state index in [-0.39, 0.29) is 24.4 Å². The number of hydrogen-bond acceptors (Lipinski definition) is 5. The van der Waals surface area contributed by atoms with E-state index in [0.29, 0.717) is 42.2 Å². The molecule has 1 fully saturated rings. The van der Waals surface area contributed by atoms with Gasteiger partial charge >= 0.3 is 0 Å². The maximum Gasteiger partial charge on any atom is 0.250 e. The summed E-state index contributed by atoms with van der Waals surface area (Å²) in [7, 11) is -3.45. The number of likely N-dealkylation sites (tertiary alicyclic amines) is 1. The first-order valence-corrected chi connectivity index (χ1v) is 10.5. The van der Waals surface area contributed by atoms with Crippen molar-refractivity contribution in [3.05, 3.63) is 47.3 Å². The zero-order valence-corrected chi connectivity index (χ0v) is 16.6. The fraction of sp³-hybridized carbons (Fsp3) is 0.353. The average molecular weight is 416 g/mol. The number of sulfonamides is 1. The topological polar surface area (TPSA) is 92.5 Å². The third kappa shape index (κ3) is 5.20. The molecule has 0 aliphatic carbocycles. The molecular weight excluding hydrogens is 394 g/mol. The Bertz CT molecular complexity index is 815. The lowest BCUT2D eigenvalue weighted by Gasteiger charge is -2.32. The molecule has 3 N–H and O–H groups in total. The molecule has 2 heterocycles. The quantitative estimate of drug-likeness (QED) is 0.732. The first-order chi connectivity index (χ1) is 11.9. The van der Waals surface area contributed by atoms with Gasteiger partial charge in [0.1, 0.15) is 4.21 Å². The number of anilines is 1. The summed E-state index contributed by atoms with van der Waals surface area (Å²) >= 11 is 1.20. The number of piperidine rings is 1. The first kappa shape index (κ1) is 20.7. The van der Waals surface area contributed by atoms with Crippen molar-refractivity contribution in [3.8, 4) is 0 Å². The van der Waals surface area contributed by atoms with Crippen LogP contribution in [-0.4, -0.2) is 38.4 Å². The highest BCUT2D eigenvalue weighted by atomic mass is 35.5. The zero-order chi connectivity index (χ0) is 17.9. The molecule has 9 heteroatoms. The molecule has 2 aromatic rings. The van der Waals surface area contributed by atoms with Crippen LogP contribution in [0.1, 0.15) is 18.4 Å². The van der Waals surface area contributed by atoms with Crippen LogP contribution >= 0.6 is 23.7 Å². The number of carbonyl (C=O) groups excluding carboxylic acids is 1. The van der Waals surface area contributed by atoms with E-state index in [1.54, 1.807) is 34.5 Å². The zero-order valence-electron chi connectivity index (χ0n) is 14.1. The predicted molar refractivity (Wildman–Crippen MR) is 106 cm³/mol. The Morgan fingerprint density at radius 3 is 2.42 bits per heavy atom. The van der Waals surface area contributed by atoms with E-state index in [4.69, 9.17) is 5.73 Å². The summed E-state index contributed by atoms with van der Waals surface area (Å²) in [5.74, 6) is 0.0596. The lowest BCUT2D eigenvalue weighted by molar-refractivity contribution is -0.131. The van der Waals surface area contributed by atoms with E-state index in [1.807, 2.05) is 12.1 Å². The smallest absolute Gasteiger partial charge is 0.250 e. The minimum Gasteiger partial charge on any atom is -0.399 e. The Kier molecular flexibility index (Phi) is 7.05. The van der Waals surface area contributed by atoms with Crippen LogP contribution < -0.4 is 10.5 Å². The number of nitrogens with zero attached hydrogens (tertiary/aromatic N) is 1. The molecule has 1 amide bonds. The molecule has 1 aliphatic heterocycles. The number of hydrogen-bond donors (Lipinski definition) is 2. The minimum atomic E-state index is -3.45. The standard InChI is InChI=1S/C17H21N3O3S2.ClH/c18-14-5-3-13(4-6-14)12-16(21)20-9-7-15(8-10-20)19-25(22,23)17-2-1-11-24-17;/h1-6,11,15,19H,7-10,12,18H2;1H. The van der Waals surface area contributed by atoms with E-state index in [2.05, 4.69) is 4.72 Å². The molecule has 1 saturated heterocycles. The molecule has 0 atom stereocenters. The molecular formula is C17H22ClN3O3S2. The number of nitrogens with two attached hydrogens (primary N) is 1. The predicted octanol–water partition coefficient (Wildman–Crippen LogP) is 2.26. The van der Waals surface area contributed by atoms with Gasteiger partial charge in [-0.25, -0.2) is 13.1 Å². The van der Waals surface area contributed by atoms with Crippen molar-refractivity contribution in [1.82, 2.24) is 9.62 Å². The van der Waals surface area contributed by atoms with Crippen molar-refractivity contribution in [2.24, 2.45) is 0 Å². The van der Waals surface area contributed by atoms with Crippen LogP contribution in [0.4, 0.5) is 5.69 Å². The highest BCUT2D eigenvalue weighted by Gasteiger charge is 2.27. The normalized spacial score (nSPS) is 15.5. The molecule has 0 radical (unpaired) electrons. The second-order valence-corrected chi connectivity index (χ2v) is 9.02. The molecule has 3 rings (SSSR count). The van der Waals surface area contributed by atoms with E-state index in [1.165, 1.54) is 11.3 Å². The lowest BCUT2D eigenvalue weighted by atomic mass is 10.0. The van der Waals surface area contributed by atoms with Gasteiger partial charge in [-0.1, -0.05) is 18.2 Å². The van der Waals surface area contributed by atoms with Crippen LogP contribution in [0.5, 0.6) is 0 Å². The van der Waals surface area contributed by atoms with Crippen LogP contribution in [0.15, 0.2) is 46.0 Å². The van der Waals surface area contributed by atoms with Gasteiger partial charge in [0.25, 0.3) is 0 Å². The van der Waals surface area contributed by atoms with Crippen LogP contribution in [0.25, 0.3) is 0 Å². The molecule has 0 bridgehead atoms. The van der Waals surface area contributed by atoms with E-state index >= 15 is 0 Å². The Balaban J connectivity index is 0.00000243. The second-order valence-electron chi connectivity index (χ2n) is 6.13. The monoisotopic (exact) mass is 415 g/mol. The Morgan fingerprint density at radius 2 is 1.85 bits per heavy atom. The fourth-order valence-corrected chi connectivity index (χ4v) is 5.18. The SMILES string of the molecule is Cl.Nc1ccc(CC(=O)N2CCC(NS(=O)(=O)c3cccs3)CC2)cc1. The molecule has 26 heavy (non-hydrogen) atoms. The van der Waals surface area contributed by atoms with Gasteiger partial charge in [-0.05, 0) is 42.0 Å². The highest BCUT2D eigenvalue weighted by Crippen LogP contribution is 2.19. The van der Waals surface area contributed by atoms with Gasteiger partial charge in [0.05, 0.1) is 6.42 Å². The molecule has 1 aromatic heterocycles. The van der Waals surface area contributed by atoms with Gasteiger partial charge in [0, 0.05) is 24.8 Å². The second kappa shape index (κ2) is 8.85. The van der Waals surface area contributed by atoms with Gasteiger partial charge in [-0.2, -0.15) is 0 Å². The minimum absolute atomic E-state index is 0.